The second-order valence-electron chi connectivity index (χ2n) is 6.95. The molecule has 1 unspecified atom stereocenters. The van der Waals surface area contributed by atoms with Crippen LogP contribution >= 0.6 is 12.6 Å². The summed E-state index contributed by atoms with van der Waals surface area (Å²) in [6, 6.07) is 10.4. The minimum atomic E-state index is -0.0525. The molecule has 0 fully saturated rings. The van der Waals surface area contributed by atoms with Crippen molar-refractivity contribution in [2.24, 2.45) is 0 Å². The lowest BCUT2D eigenvalue weighted by molar-refractivity contribution is -0.0320. The van der Waals surface area contributed by atoms with E-state index in [1.165, 1.54) is 5.56 Å². The highest BCUT2D eigenvalue weighted by atomic mass is 32.1. The maximum atomic E-state index is 5.46. The van der Waals surface area contributed by atoms with Crippen molar-refractivity contribution >= 4 is 35.6 Å². The van der Waals surface area contributed by atoms with Gasteiger partial charge in [0.05, 0.1) is 19.0 Å². The number of anilines is 2. The normalized spacial score (nSPS) is 12.4. The lowest BCUT2D eigenvalue weighted by Crippen LogP contribution is -2.29. The maximum Gasteiger partial charge on any atom is 0.227 e. The average Bonchev–Trinajstić information content (AvgIpc) is 3.16. The summed E-state index contributed by atoms with van der Waals surface area (Å²) in [4.78, 5) is 13.9. The highest BCUT2D eigenvalue weighted by Gasteiger charge is 2.17. The Hall–Kier alpha value is -2.36. The van der Waals surface area contributed by atoms with E-state index in [0.29, 0.717) is 30.7 Å². The Bertz CT molecular complexity index is 903. The van der Waals surface area contributed by atoms with Gasteiger partial charge in [0.2, 0.25) is 5.95 Å². The molecule has 0 bridgehead atoms. The van der Waals surface area contributed by atoms with E-state index in [9.17, 15) is 0 Å². The van der Waals surface area contributed by atoms with E-state index < -0.39 is 0 Å². The van der Waals surface area contributed by atoms with E-state index in [2.05, 4.69) is 59.2 Å². The number of nitrogens with zero attached hydrogens (tertiary/aromatic N) is 4. The quantitative estimate of drug-likeness (QED) is 0.251. The monoisotopic (exact) mass is 416 g/mol. The van der Waals surface area contributed by atoms with Crippen LogP contribution in [0.1, 0.15) is 25.5 Å². The zero-order valence-corrected chi connectivity index (χ0v) is 17.9. The summed E-state index contributed by atoms with van der Waals surface area (Å²) in [5.74, 6) is 1.77. The predicted molar refractivity (Wildman–Crippen MR) is 119 cm³/mol. The number of benzene rings is 1. The second kappa shape index (κ2) is 10.4. The molecule has 0 aliphatic carbocycles. The van der Waals surface area contributed by atoms with Gasteiger partial charge in [0, 0.05) is 25.4 Å². The average molecular weight is 417 g/mol. The zero-order chi connectivity index (χ0) is 20.6. The molecule has 0 spiro atoms. The van der Waals surface area contributed by atoms with Crippen LogP contribution in [-0.4, -0.2) is 51.8 Å². The van der Waals surface area contributed by atoms with Gasteiger partial charge in [-0.2, -0.15) is 22.6 Å². The van der Waals surface area contributed by atoms with Crippen molar-refractivity contribution in [3.8, 4) is 0 Å². The molecule has 29 heavy (non-hydrogen) atoms. The fourth-order valence-electron chi connectivity index (χ4n) is 2.86. The van der Waals surface area contributed by atoms with Crippen molar-refractivity contribution in [1.29, 1.82) is 0 Å². The van der Waals surface area contributed by atoms with E-state index in [1.54, 1.807) is 13.4 Å². The summed E-state index contributed by atoms with van der Waals surface area (Å²) >= 11 is 4.41. The fourth-order valence-corrected chi connectivity index (χ4v) is 3.06. The summed E-state index contributed by atoms with van der Waals surface area (Å²) in [5.41, 5.74) is 2.69. The third-order valence-corrected chi connectivity index (χ3v) is 4.80. The number of aromatic nitrogens is 4. The molecule has 0 amide bonds. The van der Waals surface area contributed by atoms with Crippen molar-refractivity contribution in [2.75, 3.05) is 36.9 Å². The summed E-state index contributed by atoms with van der Waals surface area (Å²) in [6.45, 7) is 5.52. The van der Waals surface area contributed by atoms with Gasteiger partial charge in [-0.25, -0.2) is 4.98 Å². The fraction of sp³-hybridized carbons (Fsp3) is 0.450. The summed E-state index contributed by atoms with van der Waals surface area (Å²) in [7, 11) is 1.60. The largest absolute Gasteiger partial charge is 0.364 e. The third-order valence-electron chi connectivity index (χ3n) is 4.35. The van der Waals surface area contributed by atoms with Crippen LogP contribution < -0.4 is 10.6 Å². The molecule has 8 nitrogen and oxygen atoms in total. The molecule has 9 heteroatoms. The number of rotatable bonds is 11. The summed E-state index contributed by atoms with van der Waals surface area (Å²) in [6.07, 6.45) is 1.80. The van der Waals surface area contributed by atoms with Crippen molar-refractivity contribution in [1.82, 2.24) is 19.5 Å². The van der Waals surface area contributed by atoms with Gasteiger partial charge < -0.3 is 24.7 Å². The van der Waals surface area contributed by atoms with Crippen LogP contribution in [0.2, 0.25) is 0 Å². The molecule has 3 rings (SSSR count). The molecule has 1 aromatic carbocycles. The van der Waals surface area contributed by atoms with Gasteiger partial charge in [0.15, 0.2) is 17.0 Å². The van der Waals surface area contributed by atoms with E-state index >= 15 is 0 Å². The Labute approximate surface area is 176 Å². The van der Waals surface area contributed by atoms with Crippen LogP contribution in [0.4, 0.5) is 11.8 Å². The van der Waals surface area contributed by atoms with E-state index in [0.717, 1.165) is 11.2 Å². The lowest BCUT2D eigenvalue weighted by atomic mass is 10.2. The maximum absolute atomic E-state index is 5.46. The minimum Gasteiger partial charge on any atom is -0.364 e. The first-order valence-electron chi connectivity index (χ1n) is 9.58. The molecule has 0 saturated heterocycles. The molecule has 0 saturated carbocycles. The first kappa shape index (κ1) is 21.4. The molecule has 2 heterocycles. The number of nitrogens with one attached hydrogen (secondary N) is 2. The van der Waals surface area contributed by atoms with Gasteiger partial charge >= 0.3 is 0 Å². The molecule has 3 aromatic rings. The molecule has 0 radical (unpaired) electrons. The highest BCUT2D eigenvalue weighted by Crippen LogP contribution is 2.24. The molecule has 1 atom stereocenters. The molecule has 0 aliphatic rings. The topological polar surface area (TPSA) is 86.1 Å². The van der Waals surface area contributed by atoms with Crippen LogP contribution in [0.25, 0.3) is 11.2 Å². The SMILES string of the molecule is COCOCC(CS)Nc1nc(NCc2ccccc2)c2ncn(C(C)C)c2n1. The van der Waals surface area contributed by atoms with E-state index in [4.69, 9.17) is 14.5 Å². The second-order valence-corrected chi connectivity index (χ2v) is 7.32. The highest BCUT2D eigenvalue weighted by molar-refractivity contribution is 7.80. The Balaban J connectivity index is 1.87. The molecule has 156 valence electrons. The molecule has 2 aromatic heterocycles. The number of thiol groups is 1. The predicted octanol–water partition coefficient (Wildman–Crippen LogP) is 3.35. The Morgan fingerprint density at radius 2 is 1.97 bits per heavy atom. The van der Waals surface area contributed by atoms with Crippen molar-refractivity contribution < 1.29 is 9.47 Å². The van der Waals surface area contributed by atoms with Crippen LogP contribution in [0.5, 0.6) is 0 Å². The Kier molecular flexibility index (Phi) is 7.68. The first-order valence-corrected chi connectivity index (χ1v) is 10.2. The van der Waals surface area contributed by atoms with Crippen molar-refractivity contribution in [3.63, 3.8) is 0 Å². The van der Waals surface area contributed by atoms with Gasteiger partial charge in [-0.1, -0.05) is 30.3 Å². The Morgan fingerprint density at radius 3 is 2.66 bits per heavy atom. The van der Waals surface area contributed by atoms with E-state index in [1.807, 2.05) is 22.8 Å². The number of ether oxygens (including phenoxy) is 2. The van der Waals surface area contributed by atoms with E-state index in [-0.39, 0.29) is 18.9 Å². The standard InChI is InChI=1S/C20H28N6O2S/c1-14(2)26-12-22-17-18(21-9-15-7-5-4-6-8-15)24-20(25-19(17)26)23-16(11-29)10-28-13-27-3/h4-8,12,14,16,29H,9-11,13H2,1-3H3,(H2,21,23,24,25). The number of hydrogen-bond acceptors (Lipinski definition) is 8. The van der Waals surface area contributed by atoms with Crippen LogP contribution in [-0.2, 0) is 16.0 Å². The molecular formula is C20H28N6O2S. The first-order chi connectivity index (χ1) is 14.1. The Morgan fingerprint density at radius 1 is 1.17 bits per heavy atom. The van der Waals surface area contributed by atoms with Crippen molar-refractivity contribution in [2.45, 2.75) is 32.5 Å². The lowest BCUT2D eigenvalue weighted by Gasteiger charge is -2.18. The summed E-state index contributed by atoms with van der Waals surface area (Å²) in [5, 5.41) is 6.72. The molecule has 0 aliphatic heterocycles. The molecule has 2 N–H and O–H groups in total. The number of fused-ring (bicyclic) bond motifs is 1. The van der Waals surface area contributed by atoms with Gasteiger partial charge in [0.1, 0.15) is 6.79 Å². The van der Waals surface area contributed by atoms with Gasteiger partial charge in [-0.15, -0.1) is 0 Å². The minimum absolute atomic E-state index is 0.0525. The zero-order valence-electron chi connectivity index (χ0n) is 17.0. The third kappa shape index (κ3) is 5.59. The molecular weight excluding hydrogens is 388 g/mol. The smallest absolute Gasteiger partial charge is 0.227 e. The number of methoxy groups -OCH3 is 1. The van der Waals surface area contributed by atoms with Gasteiger partial charge in [-0.05, 0) is 19.4 Å². The number of imidazole rings is 1. The van der Waals surface area contributed by atoms with Crippen molar-refractivity contribution in [3.05, 3.63) is 42.2 Å². The van der Waals surface area contributed by atoms with Gasteiger partial charge in [0.25, 0.3) is 0 Å². The summed E-state index contributed by atoms with van der Waals surface area (Å²) < 4.78 is 12.4. The van der Waals surface area contributed by atoms with Gasteiger partial charge in [-0.3, -0.25) is 0 Å². The number of hydrogen-bond donors (Lipinski definition) is 3. The van der Waals surface area contributed by atoms with Crippen LogP contribution in [0.15, 0.2) is 36.7 Å². The van der Waals surface area contributed by atoms with Crippen LogP contribution in [0.3, 0.4) is 0 Å². The van der Waals surface area contributed by atoms with Crippen LogP contribution in [0, 0.1) is 0 Å².